The zero-order valence-electron chi connectivity index (χ0n) is 9.77. The number of anilines is 1. The number of fused-ring (bicyclic) bond motifs is 1. The van der Waals surface area contributed by atoms with Gasteiger partial charge in [0.25, 0.3) is 0 Å². The summed E-state index contributed by atoms with van der Waals surface area (Å²) in [6.07, 6.45) is 0. The van der Waals surface area contributed by atoms with Crippen molar-refractivity contribution in [2.75, 3.05) is 18.4 Å². The third-order valence-corrected chi connectivity index (χ3v) is 5.36. The summed E-state index contributed by atoms with van der Waals surface area (Å²) in [5.74, 6) is 0. The zero-order valence-corrected chi connectivity index (χ0v) is 12.2. The molecule has 1 N–H and O–H groups in total. The lowest BCUT2D eigenvalue weighted by molar-refractivity contribution is 0.367. The van der Waals surface area contributed by atoms with Gasteiger partial charge in [0.2, 0.25) is 10.0 Å². The van der Waals surface area contributed by atoms with Crippen molar-refractivity contribution in [3.05, 3.63) is 22.7 Å². The Morgan fingerprint density at radius 3 is 2.76 bits per heavy atom. The molecule has 17 heavy (non-hydrogen) atoms. The van der Waals surface area contributed by atoms with E-state index in [1.807, 2.05) is 19.9 Å². The Hall–Kier alpha value is -0.590. The van der Waals surface area contributed by atoms with Crippen molar-refractivity contribution >= 4 is 31.6 Å². The number of hydrogen-bond acceptors (Lipinski definition) is 3. The van der Waals surface area contributed by atoms with Crippen molar-refractivity contribution in [3.63, 3.8) is 0 Å². The summed E-state index contributed by atoms with van der Waals surface area (Å²) in [5, 5.41) is 3.15. The van der Waals surface area contributed by atoms with Crippen molar-refractivity contribution in [3.8, 4) is 0 Å². The lowest BCUT2D eigenvalue weighted by atomic mass is 10.3. The molecule has 0 saturated heterocycles. The first-order chi connectivity index (χ1) is 7.93. The third-order valence-electron chi connectivity index (χ3n) is 2.75. The Morgan fingerprint density at radius 2 is 2.12 bits per heavy atom. The summed E-state index contributed by atoms with van der Waals surface area (Å²) >= 11 is 3.31. The van der Waals surface area contributed by atoms with Crippen LogP contribution >= 0.6 is 15.9 Å². The van der Waals surface area contributed by atoms with Crippen molar-refractivity contribution in [2.24, 2.45) is 0 Å². The van der Waals surface area contributed by atoms with Gasteiger partial charge in [0.15, 0.2) is 0 Å². The summed E-state index contributed by atoms with van der Waals surface area (Å²) in [4.78, 5) is 0.345. The minimum atomic E-state index is -3.40. The fourth-order valence-electron chi connectivity index (χ4n) is 1.94. The van der Waals surface area contributed by atoms with E-state index in [-0.39, 0.29) is 6.04 Å². The molecule has 94 valence electrons. The number of halogens is 1. The third kappa shape index (κ3) is 2.34. The van der Waals surface area contributed by atoms with E-state index in [1.54, 1.807) is 12.1 Å². The molecule has 0 unspecified atom stereocenters. The molecule has 0 spiro atoms. The Labute approximate surface area is 110 Å². The molecule has 2 rings (SSSR count). The van der Waals surface area contributed by atoms with Gasteiger partial charge >= 0.3 is 0 Å². The van der Waals surface area contributed by atoms with Crippen LogP contribution in [0.15, 0.2) is 27.6 Å². The lowest BCUT2D eigenvalue weighted by Crippen LogP contribution is -2.38. The van der Waals surface area contributed by atoms with Gasteiger partial charge in [-0.3, -0.25) is 0 Å². The van der Waals surface area contributed by atoms with Crippen LogP contribution in [-0.2, 0) is 10.0 Å². The molecule has 0 atom stereocenters. The van der Waals surface area contributed by atoms with Crippen LogP contribution in [0.4, 0.5) is 5.69 Å². The van der Waals surface area contributed by atoms with Crippen molar-refractivity contribution in [1.29, 1.82) is 0 Å². The molecule has 6 heteroatoms. The number of nitrogens with zero attached hydrogens (tertiary/aromatic N) is 1. The second kappa shape index (κ2) is 4.59. The summed E-state index contributed by atoms with van der Waals surface area (Å²) in [7, 11) is -3.40. The minimum Gasteiger partial charge on any atom is -0.383 e. The van der Waals surface area contributed by atoms with E-state index in [1.165, 1.54) is 4.31 Å². The first kappa shape index (κ1) is 12.9. The van der Waals surface area contributed by atoms with E-state index < -0.39 is 10.0 Å². The van der Waals surface area contributed by atoms with Crippen LogP contribution in [0.5, 0.6) is 0 Å². The molecular formula is C11H15BrN2O2S. The maximum Gasteiger partial charge on any atom is 0.245 e. The molecule has 0 aliphatic carbocycles. The van der Waals surface area contributed by atoms with Crippen LogP contribution in [0.3, 0.4) is 0 Å². The highest BCUT2D eigenvalue weighted by molar-refractivity contribution is 9.10. The van der Waals surface area contributed by atoms with E-state index in [9.17, 15) is 8.42 Å². The molecule has 1 aliphatic heterocycles. The summed E-state index contributed by atoms with van der Waals surface area (Å²) in [6.45, 7) is 4.90. The number of sulfonamides is 1. The van der Waals surface area contributed by atoms with Gasteiger partial charge in [0.1, 0.15) is 4.90 Å². The monoisotopic (exact) mass is 318 g/mol. The fourth-order valence-corrected chi connectivity index (χ4v) is 4.28. The molecule has 0 aromatic heterocycles. The average molecular weight is 319 g/mol. The van der Waals surface area contributed by atoms with Gasteiger partial charge in [-0.25, -0.2) is 8.42 Å². The van der Waals surface area contributed by atoms with Gasteiger partial charge < -0.3 is 5.32 Å². The molecule has 1 heterocycles. The molecule has 0 amide bonds. The van der Waals surface area contributed by atoms with Gasteiger partial charge in [-0.2, -0.15) is 4.31 Å². The maximum atomic E-state index is 12.5. The van der Waals surface area contributed by atoms with Crippen LogP contribution in [0.25, 0.3) is 0 Å². The minimum absolute atomic E-state index is 0.0354. The van der Waals surface area contributed by atoms with Crippen molar-refractivity contribution in [2.45, 2.75) is 24.8 Å². The highest BCUT2D eigenvalue weighted by Crippen LogP contribution is 2.30. The molecule has 0 radical (unpaired) electrons. The standard InChI is InChI=1S/C11H15BrN2O2S/c1-8(2)14-6-5-13-10-4-3-9(12)7-11(10)17(14,15)16/h3-4,7-8,13H,5-6H2,1-2H3. The number of hydrogen-bond donors (Lipinski definition) is 1. The fraction of sp³-hybridized carbons (Fsp3) is 0.455. The summed E-state index contributed by atoms with van der Waals surface area (Å²) < 4.78 is 27.3. The van der Waals surface area contributed by atoms with Crippen LogP contribution in [0.2, 0.25) is 0 Å². The number of nitrogens with one attached hydrogen (secondary N) is 1. The highest BCUT2D eigenvalue weighted by Gasteiger charge is 2.31. The van der Waals surface area contributed by atoms with Crippen molar-refractivity contribution in [1.82, 2.24) is 4.31 Å². The molecule has 4 nitrogen and oxygen atoms in total. The Bertz CT molecular complexity index is 528. The molecule has 1 aliphatic rings. The maximum absolute atomic E-state index is 12.5. The smallest absolute Gasteiger partial charge is 0.245 e. The van der Waals surface area contributed by atoms with E-state index in [0.29, 0.717) is 23.7 Å². The zero-order chi connectivity index (χ0) is 12.6. The first-order valence-corrected chi connectivity index (χ1v) is 7.71. The van der Waals surface area contributed by atoms with Gasteiger partial charge in [0.05, 0.1) is 5.69 Å². The van der Waals surface area contributed by atoms with Gasteiger partial charge in [-0.1, -0.05) is 15.9 Å². The number of benzene rings is 1. The quantitative estimate of drug-likeness (QED) is 0.864. The first-order valence-electron chi connectivity index (χ1n) is 5.48. The van der Waals surface area contributed by atoms with E-state index in [0.717, 1.165) is 4.47 Å². The van der Waals surface area contributed by atoms with Gasteiger partial charge in [0, 0.05) is 23.6 Å². The average Bonchev–Trinajstić information content (AvgIpc) is 2.36. The molecule has 0 saturated carbocycles. The predicted molar refractivity (Wildman–Crippen MR) is 71.7 cm³/mol. The molecule has 0 fully saturated rings. The molecule has 0 bridgehead atoms. The SMILES string of the molecule is CC(C)N1CCNc2ccc(Br)cc2S1(=O)=O. The Kier molecular flexibility index (Phi) is 3.47. The van der Waals surface area contributed by atoms with Crippen molar-refractivity contribution < 1.29 is 8.42 Å². The largest absolute Gasteiger partial charge is 0.383 e. The second-order valence-electron chi connectivity index (χ2n) is 4.28. The lowest BCUT2D eigenvalue weighted by Gasteiger charge is -2.23. The normalized spacial score (nSPS) is 19.5. The Morgan fingerprint density at radius 1 is 1.41 bits per heavy atom. The molecule has 1 aromatic rings. The number of rotatable bonds is 1. The van der Waals surface area contributed by atoms with E-state index in [2.05, 4.69) is 21.2 Å². The van der Waals surface area contributed by atoms with E-state index >= 15 is 0 Å². The van der Waals surface area contributed by atoms with E-state index in [4.69, 9.17) is 0 Å². The van der Waals surface area contributed by atoms with Crippen LogP contribution in [0, 0.1) is 0 Å². The summed E-state index contributed by atoms with van der Waals surface area (Å²) in [5.41, 5.74) is 0.677. The van der Waals surface area contributed by atoms with Gasteiger partial charge in [-0.05, 0) is 32.0 Å². The molecular weight excluding hydrogens is 304 g/mol. The van der Waals surface area contributed by atoms with Crippen LogP contribution in [0.1, 0.15) is 13.8 Å². The Balaban J connectivity index is 2.60. The van der Waals surface area contributed by atoms with Gasteiger partial charge in [-0.15, -0.1) is 0 Å². The summed E-state index contributed by atoms with van der Waals surface area (Å²) in [6, 6.07) is 5.25. The van der Waals surface area contributed by atoms with Crippen LogP contribution < -0.4 is 5.32 Å². The molecule has 1 aromatic carbocycles. The second-order valence-corrected chi connectivity index (χ2v) is 7.05. The topological polar surface area (TPSA) is 49.4 Å². The van der Waals surface area contributed by atoms with Crippen LogP contribution in [-0.4, -0.2) is 31.9 Å². The predicted octanol–water partition coefficient (Wildman–Crippen LogP) is 2.27. The highest BCUT2D eigenvalue weighted by atomic mass is 79.9.